The Balaban J connectivity index is 1.30. The molecule has 174 valence electrons. The molecule has 0 aliphatic carbocycles. The zero-order valence-electron chi connectivity index (χ0n) is 19.0. The van der Waals surface area contributed by atoms with Gasteiger partial charge in [-0.3, -0.25) is 4.79 Å². The summed E-state index contributed by atoms with van der Waals surface area (Å²) in [6.07, 6.45) is -0.392. The molecule has 3 heterocycles. The lowest BCUT2D eigenvalue weighted by atomic mass is 10.2. The molecule has 2 aromatic heterocycles. The second kappa shape index (κ2) is 8.98. The predicted molar refractivity (Wildman–Crippen MR) is 127 cm³/mol. The first-order chi connectivity index (χ1) is 16.4. The molecular formula is C25H23FN4O3S. The van der Waals surface area contributed by atoms with Crippen molar-refractivity contribution in [2.45, 2.75) is 25.1 Å². The fourth-order valence-corrected chi connectivity index (χ4v) is 4.94. The van der Waals surface area contributed by atoms with Gasteiger partial charge in [0.2, 0.25) is 0 Å². The summed E-state index contributed by atoms with van der Waals surface area (Å²) in [7, 11) is 1.84. The Morgan fingerprint density at radius 1 is 1.12 bits per heavy atom. The van der Waals surface area contributed by atoms with Crippen molar-refractivity contribution < 1.29 is 18.7 Å². The third-order valence-electron chi connectivity index (χ3n) is 5.82. The molecule has 1 aliphatic heterocycles. The Labute approximate surface area is 200 Å². The highest BCUT2D eigenvalue weighted by molar-refractivity contribution is 7.99. The van der Waals surface area contributed by atoms with E-state index in [4.69, 9.17) is 9.47 Å². The summed E-state index contributed by atoms with van der Waals surface area (Å²) in [6.45, 7) is 4.02. The molecule has 0 amide bonds. The van der Waals surface area contributed by atoms with Crippen LogP contribution < -0.4 is 9.47 Å². The molecule has 0 spiro atoms. The molecule has 0 fully saturated rings. The number of aryl methyl sites for hydroxylation is 1. The van der Waals surface area contributed by atoms with Crippen molar-refractivity contribution in [3.63, 3.8) is 0 Å². The molecule has 0 bridgehead atoms. The quantitative estimate of drug-likeness (QED) is 0.292. The Kier molecular flexibility index (Phi) is 5.87. The Morgan fingerprint density at radius 3 is 2.65 bits per heavy atom. The molecular weight excluding hydrogens is 455 g/mol. The minimum absolute atomic E-state index is 0.0589. The summed E-state index contributed by atoms with van der Waals surface area (Å²) < 4.78 is 29.8. The molecule has 7 nitrogen and oxygen atoms in total. The molecule has 4 aromatic rings. The minimum atomic E-state index is -0.392. The van der Waals surface area contributed by atoms with E-state index in [9.17, 15) is 9.18 Å². The fourth-order valence-electron chi connectivity index (χ4n) is 4.14. The number of halogens is 1. The van der Waals surface area contributed by atoms with Crippen molar-refractivity contribution >= 4 is 17.5 Å². The van der Waals surface area contributed by atoms with Gasteiger partial charge in [0.05, 0.1) is 11.4 Å². The maximum atomic E-state index is 14.4. The molecule has 1 aliphatic rings. The topological polar surface area (TPSA) is 71.2 Å². The number of Topliss-reactive ketones (excluding diaryl/α,β-unsaturated/α-hetero) is 1. The highest BCUT2D eigenvalue weighted by Gasteiger charge is 2.28. The molecule has 9 heteroatoms. The van der Waals surface area contributed by atoms with E-state index >= 15 is 0 Å². The molecule has 1 atom stereocenters. The molecule has 5 rings (SSSR count). The van der Waals surface area contributed by atoms with Crippen molar-refractivity contribution in [1.29, 1.82) is 0 Å². The van der Waals surface area contributed by atoms with Crippen molar-refractivity contribution in [2.24, 2.45) is 7.05 Å². The van der Waals surface area contributed by atoms with E-state index in [1.54, 1.807) is 28.8 Å². The number of para-hydroxylation sites is 3. The third-order valence-corrected chi connectivity index (χ3v) is 6.84. The van der Waals surface area contributed by atoms with Crippen LogP contribution >= 0.6 is 11.8 Å². The number of thioether (sulfide) groups is 1. The van der Waals surface area contributed by atoms with Crippen molar-refractivity contribution in [1.82, 2.24) is 19.3 Å². The predicted octanol–water partition coefficient (Wildman–Crippen LogP) is 4.85. The van der Waals surface area contributed by atoms with Gasteiger partial charge >= 0.3 is 0 Å². The van der Waals surface area contributed by atoms with E-state index in [0.717, 1.165) is 5.69 Å². The van der Waals surface area contributed by atoms with E-state index in [0.29, 0.717) is 46.0 Å². The van der Waals surface area contributed by atoms with Crippen LogP contribution in [0, 0.1) is 19.7 Å². The molecule has 0 radical (unpaired) electrons. The maximum absolute atomic E-state index is 14.4. The lowest BCUT2D eigenvalue weighted by Crippen LogP contribution is -2.24. The summed E-state index contributed by atoms with van der Waals surface area (Å²) in [4.78, 5) is 13.0. The monoisotopic (exact) mass is 478 g/mol. The first-order valence-electron chi connectivity index (χ1n) is 10.8. The lowest BCUT2D eigenvalue weighted by molar-refractivity contribution is 0.0825. The maximum Gasteiger partial charge on any atom is 0.192 e. The number of hydrogen-bond acceptors (Lipinski definition) is 6. The van der Waals surface area contributed by atoms with E-state index in [1.807, 2.05) is 49.7 Å². The Hall–Kier alpha value is -3.59. The molecule has 0 N–H and O–H groups in total. The van der Waals surface area contributed by atoms with E-state index in [-0.39, 0.29) is 17.4 Å². The largest absolute Gasteiger partial charge is 0.485 e. The average Bonchev–Trinajstić information content (AvgIpc) is 3.36. The summed E-state index contributed by atoms with van der Waals surface area (Å²) in [5.74, 6) is 1.78. The van der Waals surface area contributed by atoms with Crippen LogP contribution in [-0.2, 0) is 7.05 Å². The van der Waals surface area contributed by atoms with Crippen LogP contribution in [0.15, 0.2) is 59.8 Å². The van der Waals surface area contributed by atoms with E-state index in [2.05, 4.69) is 10.2 Å². The minimum Gasteiger partial charge on any atom is -0.485 e. The number of ether oxygens (including phenoxy) is 2. The van der Waals surface area contributed by atoms with Gasteiger partial charge in [0.15, 0.2) is 34.4 Å². The number of nitrogens with zero attached hydrogens (tertiary/aromatic N) is 4. The highest BCUT2D eigenvalue weighted by Crippen LogP contribution is 2.36. The summed E-state index contributed by atoms with van der Waals surface area (Å²) in [5, 5.41) is 9.13. The van der Waals surface area contributed by atoms with Gasteiger partial charge in [-0.15, -0.1) is 10.2 Å². The Morgan fingerprint density at radius 2 is 1.85 bits per heavy atom. The SMILES string of the molecule is Cc1cc(C(=O)CSc2nnc(C3COc4ccccc4O3)n2C)c(C)n1-c1ccccc1F. The first-order valence-corrected chi connectivity index (χ1v) is 11.8. The smallest absolute Gasteiger partial charge is 0.192 e. The Bertz CT molecular complexity index is 1380. The summed E-state index contributed by atoms with van der Waals surface area (Å²) >= 11 is 1.30. The number of hydrogen-bond donors (Lipinski definition) is 0. The van der Waals surface area contributed by atoms with E-state index in [1.165, 1.54) is 17.8 Å². The van der Waals surface area contributed by atoms with Gasteiger partial charge in [0.1, 0.15) is 12.4 Å². The second-order valence-corrected chi connectivity index (χ2v) is 8.99. The summed E-state index contributed by atoms with van der Waals surface area (Å²) in [6, 6.07) is 15.8. The molecule has 0 saturated heterocycles. The van der Waals surface area contributed by atoms with E-state index < -0.39 is 6.10 Å². The van der Waals surface area contributed by atoms with Gasteiger partial charge in [-0.25, -0.2) is 4.39 Å². The van der Waals surface area contributed by atoms with Crippen molar-refractivity contribution in [2.75, 3.05) is 12.4 Å². The standard InChI is InChI=1S/C25H23FN4O3S/c1-15-12-17(16(2)30(15)19-9-5-4-8-18(19)26)20(31)14-34-25-28-27-24(29(25)3)23-13-32-21-10-6-7-11-22(21)33-23/h4-12,23H,13-14H2,1-3H3. The fraction of sp³-hybridized carbons (Fsp3) is 0.240. The normalized spacial score (nSPS) is 14.9. The zero-order chi connectivity index (χ0) is 23.8. The van der Waals surface area contributed by atoms with Crippen LogP contribution in [0.2, 0.25) is 0 Å². The average molecular weight is 479 g/mol. The van der Waals surface area contributed by atoms with Crippen molar-refractivity contribution in [3.8, 4) is 17.2 Å². The number of aromatic nitrogens is 4. The van der Waals surface area contributed by atoms with Gasteiger partial charge in [-0.1, -0.05) is 36.0 Å². The zero-order valence-corrected chi connectivity index (χ0v) is 19.8. The highest BCUT2D eigenvalue weighted by atomic mass is 32.2. The van der Waals surface area contributed by atoms with Gasteiger partial charge < -0.3 is 18.6 Å². The second-order valence-electron chi connectivity index (χ2n) is 8.05. The van der Waals surface area contributed by atoms with Crippen LogP contribution in [0.4, 0.5) is 4.39 Å². The lowest BCUT2D eigenvalue weighted by Gasteiger charge is -2.25. The number of rotatable bonds is 6. The number of ketones is 1. The van der Waals surface area contributed by atoms with Gasteiger partial charge in [0.25, 0.3) is 0 Å². The number of carbonyl (C=O) groups excluding carboxylic acids is 1. The van der Waals surface area contributed by atoms with Gasteiger partial charge in [-0.2, -0.15) is 0 Å². The summed E-state index contributed by atoms with van der Waals surface area (Å²) in [5.41, 5.74) is 2.50. The van der Waals surface area contributed by atoms with Crippen LogP contribution in [0.25, 0.3) is 5.69 Å². The van der Waals surface area contributed by atoms with Crippen LogP contribution in [0.1, 0.15) is 33.7 Å². The molecule has 2 aromatic carbocycles. The molecule has 1 unspecified atom stereocenters. The van der Waals surface area contributed by atoms with Crippen LogP contribution in [0.3, 0.4) is 0 Å². The number of fused-ring (bicyclic) bond motifs is 1. The van der Waals surface area contributed by atoms with Crippen molar-refractivity contribution in [3.05, 3.63) is 83.2 Å². The third kappa shape index (κ3) is 3.96. The molecule has 0 saturated carbocycles. The number of carbonyl (C=O) groups is 1. The van der Waals surface area contributed by atoms with Crippen LogP contribution in [-0.4, -0.2) is 37.5 Å². The van der Waals surface area contributed by atoms with Gasteiger partial charge in [0, 0.05) is 24.0 Å². The number of benzene rings is 2. The van der Waals surface area contributed by atoms with Gasteiger partial charge in [-0.05, 0) is 44.2 Å². The first kappa shape index (κ1) is 22.2. The van der Waals surface area contributed by atoms with Crippen LogP contribution in [0.5, 0.6) is 11.5 Å². The molecule has 34 heavy (non-hydrogen) atoms.